The number of hydrogen-bond acceptors (Lipinski definition) is 4. The van der Waals surface area contributed by atoms with Crippen LogP contribution in [0.15, 0.2) is 42.9 Å². The Morgan fingerprint density at radius 2 is 1.92 bits per heavy atom. The predicted octanol–water partition coefficient (Wildman–Crippen LogP) is 3.27. The van der Waals surface area contributed by atoms with Crippen molar-refractivity contribution in [2.24, 2.45) is 0 Å². The van der Waals surface area contributed by atoms with Crippen LogP contribution in [0.4, 0.5) is 16.3 Å². The lowest BCUT2D eigenvalue weighted by molar-refractivity contribution is 0.182. The number of pyridine rings is 1. The van der Waals surface area contributed by atoms with Crippen molar-refractivity contribution in [3.63, 3.8) is 0 Å². The predicted molar refractivity (Wildman–Crippen MR) is 101 cm³/mol. The third kappa shape index (κ3) is 3.95. The Hall–Kier alpha value is -2.50. The Morgan fingerprint density at radius 1 is 1.24 bits per heavy atom. The summed E-state index contributed by atoms with van der Waals surface area (Å²) in [7, 11) is 2.10. The Bertz CT molecular complexity index is 690. The van der Waals surface area contributed by atoms with E-state index in [0.29, 0.717) is 12.1 Å². The number of carbonyl (C=O) groups is 1. The molecule has 1 amide bonds. The van der Waals surface area contributed by atoms with E-state index in [9.17, 15) is 4.79 Å². The largest absolute Gasteiger partial charge is 0.380 e. The number of anilines is 2. The van der Waals surface area contributed by atoms with Gasteiger partial charge in [0.2, 0.25) is 0 Å². The normalized spacial score (nSPS) is 15.4. The molecular weight excluding hydrogens is 314 g/mol. The first-order valence-electron chi connectivity index (χ1n) is 8.93. The molecule has 0 aromatic carbocycles. The van der Waals surface area contributed by atoms with Crippen molar-refractivity contribution >= 4 is 17.5 Å². The van der Waals surface area contributed by atoms with Crippen LogP contribution < -0.4 is 10.2 Å². The molecular formula is C19H27N5O. The average molecular weight is 341 g/mol. The van der Waals surface area contributed by atoms with Crippen molar-refractivity contribution in [1.82, 2.24) is 14.5 Å². The van der Waals surface area contributed by atoms with E-state index in [-0.39, 0.29) is 6.03 Å². The van der Waals surface area contributed by atoms with Crippen LogP contribution in [0.5, 0.6) is 0 Å². The van der Waals surface area contributed by atoms with Crippen LogP contribution in [0.25, 0.3) is 0 Å². The van der Waals surface area contributed by atoms with Gasteiger partial charge in [-0.15, -0.1) is 0 Å². The summed E-state index contributed by atoms with van der Waals surface area (Å²) in [6.07, 6.45) is 7.33. The maximum atomic E-state index is 12.4. The van der Waals surface area contributed by atoms with E-state index < -0.39 is 0 Å². The van der Waals surface area contributed by atoms with Gasteiger partial charge in [-0.3, -0.25) is 4.57 Å². The number of amides is 1. The number of aromatic nitrogens is 2. The molecule has 6 heteroatoms. The van der Waals surface area contributed by atoms with E-state index in [1.165, 1.54) is 0 Å². The minimum absolute atomic E-state index is 0.0612. The van der Waals surface area contributed by atoms with Gasteiger partial charge in [0.25, 0.3) is 0 Å². The Labute approximate surface area is 149 Å². The fraction of sp³-hybridized carbons (Fsp3) is 0.474. The number of nitrogens with one attached hydrogen (secondary N) is 1. The topological polar surface area (TPSA) is 53.4 Å². The number of piperidine rings is 1. The average Bonchev–Trinajstić information content (AvgIpc) is 3.15. The monoisotopic (exact) mass is 341 g/mol. The third-order valence-corrected chi connectivity index (χ3v) is 4.67. The fourth-order valence-electron chi connectivity index (χ4n) is 3.34. The number of hydrogen-bond donors (Lipinski definition) is 1. The van der Waals surface area contributed by atoms with Crippen molar-refractivity contribution in [1.29, 1.82) is 0 Å². The molecule has 0 atom stereocenters. The van der Waals surface area contributed by atoms with Crippen molar-refractivity contribution in [3.05, 3.63) is 42.9 Å². The summed E-state index contributed by atoms with van der Waals surface area (Å²) in [5.74, 6) is 0.978. The molecule has 3 rings (SSSR count). The molecule has 2 aromatic heterocycles. The lowest BCUT2D eigenvalue weighted by Crippen LogP contribution is -2.47. The molecule has 0 spiro atoms. The molecule has 0 bridgehead atoms. The van der Waals surface area contributed by atoms with Gasteiger partial charge in [-0.05, 0) is 51.0 Å². The van der Waals surface area contributed by atoms with Crippen molar-refractivity contribution in [2.75, 3.05) is 30.4 Å². The lowest BCUT2D eigenvalue weighted by Gasteiger charge is -2.37. The van der Waals surface area contributed by atoms with Gasteiger partial charge in [-0.25, -0.2) is 9.78 Å². The maximum absolute atomic E-state index is 12.4. The Morgan fingerprint density at radius 3 is 2.56 bits per heavy atom. The minimum atomic E-state index is 0.0612. The summed E-state index contributed by atoms with van der Waals surface area (Å²) in [4.78, 5) is 21.2. The molecule has 0 saturated carbocycles. The minimum Gasteiger partial charge on any atom is -0.380 e. The molecule has 1 aliphatic rings. The standard InChI is InChI=1S/C19H27N5O/c1-15(2)21-17-7-6-10-20-18(17)22(3)16-8-13-24(14-9-16)19(25)23-11-4-5-12-23/h4-7,10-12,15-16,21H,8-9,13-14H2,1-3H3. The quantitative estimate of drug-likeness (QED) is 0.927. The first-order chi connectivity index (χ1) is 12.1. The van der Waals surface area contributed by atoms with E-state index in [1.54, 1.807) is 17.0 Å². The number of likely N-dealkylation sites (tertiary alicyclic amines) is 1. The molecule has 1 N–H and O–H groups in total. The highest BCUT2D eigenvalue weighted by Gasteiger charge is 2.27. The summed E-state index contributed by atoms with van der Waals surface area (Å²) >= 11 is 0. The lowest BCUT2D eigenvalue weighted by atomic mass is 10.0. The van der Waals surface area contributed by atoms with Gasteiger partial charge in [0, 0.05) is 50.8 Å². The number of rotatable bonds is 4. The Kier molecular flexibility index (Phi) is 5.26. The van der Waals surface area contributed by atoms with Crippen molar-refractivity contribution < 1.29 is 4.79 Å². The number of carbonyl (C=O) groups excluding carboxylic acids is 1. The Balaban J connectivity index is 1.64. The zero-order valence-electron chi connectivity index (χ0n) is 15.2. The van der Waals surface area contributed by atoms with Crippen LogP contribution in [-0.4, -0.2) is 52.7 Å². The summed E-state index contributed by atoms with van der Waals surface area (Å²) in [5, 5.41) is 3.47. The first-order valence-corrected chi connectivity index (χ1v) is 8.93. The molecule has 134 valence electrons. The van der Waals surface area contributed by atoms with Crippen molar-refractivity contribution in [3.8, 4) is 0 Å². The fourth-order valence-corrected chi connectivity index (χ4v) is 3.34. The first kappa shape index (κ1) is 17.3. The molecule has 1 aliphatic heterocycles. The molecule has 0 aliphatic carbocycles. The second-order valence-electron chi connectivity index (χ2n) is 6.88. The maximum Gasteiger partial charge on any atom is 0.328 e. The van der Waals surface area contributed by atoms with E-state index in [4.69, 9.17) is 0 Å². The molecule has 0 radical (unpaired) electrons. The van der Waals surface area contributed by atoms with Crippen LogP contribution in [-0.2, 0) is 0 Å². The molecule has 1 saturated heterocycles. The summed E-state index contributed by atoms with van der Waals surface area (Å²) in [5.41, 5.74) is 1.06. The summed E-state index contributed by atoms with van der Waals surface area (Å²) in [6.45, 7) is 5.79. The van der Waals surface area contributed by atoms with Crippen LogP contribution in [0.1, 0.15) is 26.7 Å². The van der Waals surface area contributed by atoms with E-state index >= 15 is 0 Å². The highest BCUT2D eigenvalue weighted by molar-refractivity contribution is 5.77. The van der Waals surface area contributed by atoms with Crippen LogP contribution in [0, 0.1) is 0 Å². The van der Waals surface area contributed by atoms with Gasteiger partial charge in [0.1, 0.15) is 0 Å². The highest BCUT2D eigenvalue weighted by Crippen LogP contribution is 2.27. The van der Waals surface area contributed by atoms with Crippen LogP contribution in [0.2, 0.25) is 0 Å². The van der Waals surface area contributed by atoms with E-state index in [2.05, 4.69) is 42.2 Å². The molecule has 25 heavy (non-hydrogen) atoms. The van der Waals surface area contributed by atoms with Crippen LogP contribution in [0.3, 0.4) is 0 Å². The van der Waals surface area contributed by atoms with Gasteiger partial charge < -0.3 is 15.1 Å². The second-order valence-corrected chi connectivity index (χ2v) is 6.88. The molecule has 2 aromatic rings. The second kappa shape index (κ2) is 7.59. The zero-order valence-corrected chi connectivity index (χ0v) is 15.2. The van der Waals surface area contributed by atoms with Gasteiger partial charge in [0.15, 0.2) is 5.82 Å². The molecule has 3 heterocycles. The summed E-state index contributed by atoms with van der Waals surface area (Å²) < 4.78 is 1.65. The SMILES string of the molecule is CC(C)Nc1cccnc1N(C)C1CCN(C(=O)n2cccc2)CC1. The van der Waals surface area contributed by atoms with E-state index in [0.717, 1.165) is 37.4 Å². The van der Waals surface area contributed by atoms with Gasteiger partial charge in [-0.1, -0.05) is 0 Å². The number of nitrogens with zero attached hydrogens (tertiary/aromatic N) is 4. The third-order valence-electron chi connectivity index (χ3n) is 4.67. The van der Waals surface area contributed by atoms with Gasteiger partial charge in [0.05, 0.1) is 5.69 Å². The zero-order chi connectivity index (χ0) is 17.8. The van der Waals surface area contributed by atoms with Crippen molar-refractivity contribution in [2.45, 2.75) is 38.8 Å². The summed E-state index contributed by atoms with van der Waals surface area (Å²) in [6, 6.07) is 8.59. The molecule has 6 nitrogen and oxygen atoms in total. The van der Waals surface area contributed by atoms with Gasteiger partial charge >= 0.3 is 6.03 Å². The molecule has 1 fully saturated rings. The smallest absolute Gasteiger partial charge is 0.328 e. The molecule has 0 unspecified atom stereocenters. The highest BCUT2D eigenvalue weighted by atomic mass is 16.2. The van der Waals surface area contributed by atoms with Gasteiger partial charge in [-0.2, -0.15) is 0 Å². The van der Waals surface area contributed by atoms with Crippen LogP contribution >= 0.6 is 0 Å². The van der Waals surface area contributed by atoms with E-state index in [1.807, 2.05) is 29.3 Å².